The smallest absolute Gasteiger partial charge is 0.312 e. The van der Waals surface area contributed by atoms with Crippen LogP contribution in [0.3, 0.4) is 0 Å². The summed E-state index contributed by atoms with van der Waals surface area (Å²) in [6, 6.07) is 9.91. The van der Waals surface area contributed by atoms with Gasteiger partial charge in [0.15, 0.2) is 0 Å². The molecule has 0 radical (unpaired) electrons. The van der Waals surface area contributed by atoms with Crippen molar-refractivity contribution in [3.05, 3.63) is 70.8 Å². The van der Waals surface area contributed by atoms with Gasteiger partial charge in [0.05, 0.1) is 18.2 Å². The van der Waals surface area contributed by atoms with E-state index >= 15 is 0 Å². The summed E-state index contributed by atoms with van der Waals surface area (Å²) in [6.07, 6.45) is -0.254. The molecule has 39 heavy (non-hydrogen) atoms. The quantitative estimate of drug-likeness (QED) is 0.355. The number of halogens is 2. The van der Waals surface area contributed by atoms with Gasteiger partial charge in [-0.3, -0.25) is 14.4 Å². The van der Waals surface area contributed by atoms with Gasteiger partial charge in [0.25, 0.3) is 0 Å². The van der Waals surface area contributed by atoms with Crippen molar-refractivity contribution >= 4 is 17.7 Å². The summed E-state index contributed by atoms with van der Waals surface area (Å²) in [5.41, 5.74) is 2.48. The SMILES string of the molecule is CCc1cccc(CNCC(O)C(Cc2cc(F)cc(F)c2)NC(=O)CN2CC(C(C)C)N(C)C(=O)C2=O)c1. The molecule has 212 valence electrons. The van der Waals surface area contributed by atoms with E-state index in [2.05, 4.69) is 23.6 Å². The Hall–Kier alpha value is -3.37. The summed E-state index contributed by atoms with van der Waals surface area (Å²) in [4.78, 5) is 40.6. The molecular formula is C29H38F2N4O4. The number of nitrogens with zero attached hydrogens (tertiary/aromatic N) is 2. The lowest BCUT2D eigenvalue weighted by Crippen LogP contribution is -2.61. The molecule has 0 bridgehead atoms. The van der Waals surface area contributed by atoms with E-state index in [1.807, 2.05) is 32.0 Å². The van der Waals surface area contributed by atoms with Crippen molar-refractivity contribution in [2.45, 2.75) is 58.3 Å². The van der Waals surface area contributed by atoms with Crippen LogP contribution >= 0.6 is 0 Å². The van der Waals surface area contributed by atoms with Crippen LogP contribution in [0.25, 0.3) is 0 Å². The van der Waals surface area contributed by atoms with Crippen molar-refractivity contribution in [1.29, 1.82) is 0 Å². The Morgan fingerprint density at radius 2 is 1.72 bits per heavy atom. The molecular weight excluding hydrogens is 506 g/mol. The van der Waals surface area contributed by atoms with Crippen LogP contribution in [0.1, 0.15) is 37.5 Å². The van der Waals surface area contributed by atoms with Crippen LogP contribution in [0.15, 0.2) is 42.5 Å². The number of hydrogen-bond donors (Lipinski definition) is 3. The van der Waals surface area contributed by atoms with Crippen molar-refractivity contribution in [3.8, 4) is 0 Å². The molecule has 3 rings (SSSR count). The first-order chi connectivity index (χ1) is 18.5. The topological polar surface area (TPSA) is 102 Å². The summed E-state index contributed by atoms with van der Waals surface area (Å²) in [5, 5.41) is 16.9. The number of piperazine rings is 1. The maximum Gasteiger partial charge on any atom is 0.312 e. The Morgan fingerprint density at radius 1 is 1.05 bits per heavy atom. The van der Waals surface area contributed by atoms with Crippen molar-refractivity contribution in [2.24, 2.45) is 5.92 Å². The second-order valence-corrected chi connectivity index (χ2v) is 10.4. The third-order valence-electron chi connectivity index (χ3n) is 7.07. The Labute approximate surface area is 228 Å². The van der Waals surface area contributed by atoms with Gasteiger partial charge >= 0.3 is 11.8 Å². The van der Waals surface area contributed by atoms with Gasteiger partial charge in [-0.15, -0.1) is 0 Å². The zero-order valence-corrected chi connectivity index (χ0v) is 22.9. The van der Waals surface area contributed by atoms with Gasteiger partial charge in [-0.05, 0) is 47.6 Å². The highest BCUT2D eigenvalue weighted by Crippen LogP contribution is 2.18. The lowest BCUT2D eigenvalue weighted by molar-refractivity contribution is -0.159. The van der Waals surface area contributed by atoms with E-state index in [-0.39, 0.29) is 43.6 Å². The number of benzene rings is 2. The number of nitrogens with one attached hydrogen (secondary N) is 2. The van der Waals surface area contributed by atoms with Crippen molar-refractivity contribution in [3.63, 3.8) is 0 Å². The first kappa shape index (κ1) is 30.2. The van der Waals surface area contributed by atoms with E-state index in [1.165, 1.54) is 15.4 Å². The van der Waals surface area contributed by atoms with Crippen LogP contribution < -0.4 is 10.6 Å². The molecule has 1 aliphatic rings. The van der Waals surface area contributed by atoms with Crippen LogP contribution in [-0.2, 0) is 33.8 Å². The molecule has 1 aliphatic heterocycles. The van der Waals surface area contributed by atoms with Crippen molar-refractivity contribution in [1.82, 2.24) is 20.4 Å². The van der Waals surface area contributed by atoms with Crippen LogP contribution in [0, 0.1) is 17.6 Å². The molecule has 8 nitrogen and oxygen atoms in total. The average molecular weight is 545 g/mol. The van der Waals surface area contributed by atoms with Gasteiger partial charge < -0.3 is 25.5 Å². The number of likely N-dealkylation sites (N-methyl/N-ethyl adjacent to an activating group) is 1. The highest BCUT2D eigenvalue weighted by Gasteiger charge is 2.39. The predicted molar refractivity (Wildman–Crippen MR) is 144 cm³/mol. The maximum absolute atomic E-state index is 13.8. The highest BCUT2D eigenvalue weighted by molar-refractivity contribution is 6.35. The van der Waals surface area contributed by atoms with Gasteiger partial charge in [0.2, 0.25) is 5.91 Å². The van der Waals surface area contributed by atoms with Gasteiger partial charge in [-0.2, -0.15) is 0 Å². The molecule has 1 saturated heterocycles. The maximum atomic E-state index is 13.8. The van der Waals surface area contributed by atoms with E-state index < -0.39 is 41.5 Å². The van der Waals surface area contributed by atoms with Gasteiger partial charge in [-0.1, -0.05) is 45.0 Å². The molecule has 3 atom stereocenters. The number of aliphatic hydroxyl groups is 1. The van der Waals surface area contributed by atoms with E-state index in [0.29, 0.717) is 6.54 Å². The summed E-state index contributed by atoms with van der Waals surface area (Å²) < 4.78 is 27.7. The minimum absolute atomic E-state index is 0.0428. The fraction of sp³-hybridized carbons (Fsp3) is 0.483. The number of amides is 3. The Balaban J connectivity index is 1.69. The predicted octanol–water partition coefficient (Wildman–Crippen LogP) is 2.03. The Bertz CT molecular complexity index is 1160. The second-order valence-electron chi connectivity index (χ2n) is 10.4. The molecule has 0 aromatic heterocycles. The zero-order chi connectivity index (χ0) is 28.7. The summed E-state index contributed by atoms with van der Waals surface area (Å²) >= 11 is 0. The minimum atomic E-state index is -1.11. The fourth-order valence-corrected chi connectivity index (χ4v) is 4.82. The molecule has 0 saturated carbocycles. The lowest BCUT2D eigenvalue weighted by atomic mass is 9.99. The fourth-order valence-electron chi connectivity index (χ4n) is 4.82. The standard InChI is InChI=1S/C29H38F2N4O4/c1-5-19-7-6-8-20(9-19)14-32-15-26(36)24(12-21-10-22(30)13-23(31)11-21)33-27(37)17-35-16-25(18(2)3)34(4)28(38)29(35)39/h6-11,13,18,24-26,32,36H,5,12,14-17H2,1-4H3,(H,33,37). The van der Waals surface area contributed by atoms with Gasteiger partial charge in [-0.25, -0.2) is 8.78 Å². The van der Waals surface area contributed by atoms with E-state index in [1.54, 1.807) is 7.05 Å². The molecule has 3 N–H and O–H groups in total. The normalized spacial score (nSPS) is 17.5. The van der Waals surface area contributed by atoms with E-state index in [9.17, 15) is 28.3 Å². The number of aryl methyl sites for hydroxylation is 1. The first-order valence-corrected chi connectivity index (χ1v) is 13.3. The molecule has 0 aliphatic carbocycles. The van der Waals surface area contributed by atoms with Gasteiger partial charge in [0, 0.05) is 32.7 Å². The molecule has 10 heteroatoms. The monoisotopic (exact) mass is 544 g/mol. The zero-order valence-electron chi connectivity index (χ0n) is 22.9. The summed E-state index contributed by atoms with van der Waals surface area (Å²) in [6.45, 7) is 6.33. The second kappa shape index (κ2) is 13.6. The van der Waals surface area contributed by atoms with Gasteiger partial charge in [0.1, 0.15) is 18.2 Å². The van der Waals surface area contributed by atoms with E-state index in [0.717, 1.165) is 30.2 Å². The third-order valence-corrected chi connectivity index (χ3v) is 7.07. The number of hydrogen-bond acceptors (Lipinski definition) is 5. The minimum Gasteiger partial charge on any atom is -0.390 e. The van der Waals surface area contributed by atoms with Crippen LogP contribution in [0.2, 0.25) is 0 Å². The highest BCUT2D eigenvalue weighted by atomic mass is 19.1. The van der Waals surface area contributed by atoms with Crippen LogP contribution in [-0.4, -0.2) is 77.5 Å². The molecule has 1 fully saturated rings. The molecule has 0 spiro atoms. The Kier molecular flexibility index (Phi) is 10.5. The number of carbonyl (C=O) groups is 3. The van der Waals surface area contributed by atoms with Crippen molar-refractivity contribution < 1.29 is 28.3 Å². The van der Waals surface area contributed by atoms with Crippen LogP contribution in [0.5, 0.6) is 0 Å². The molecule has 2 aromatic rings. The van der Waals surface area contributed by atoms with Crippen LogP contribution in [0.4, 0.5) is 8.78 Å². The summed E-state index contributed by atoms with van der Waals surface area (Å²) in [5.74, 6) is -3.50. The summed E-state index contributed by atoms with van der Waals surface area (Å²) in [7, 11) is 1.57. The average Bonchev–Trinajstić information content (AvgIpc) is 2.87. The lowest BCUT2D eigenvalue weighted by Gasteiger charge is -2.40. The largest absolute Gasteiger partial charge is 0.390 e. The molecule has 3 unspecified atom stereocenters. The van der Waals surface area contributed by atoms with E-state index in [4.69, 9.17) is 0 Å². The van der Waals surface area contributed by atoms with Crippen molar-refractivity contribution in [2.75, 3.05) is 26.7 Å². The molecule has 3 amide bonds. The number of rotatable bonds is 12. The Morgan fingerprint density at radius 3 is 2.36 bits per heavy atom. The first-order valence-electron chi connectivity index (χ1n) is 13.3. The molecule has 1 heterocycles. The third kappa shape index (κ3) is 8.31. The number of carbonyl (C=O) groups excluding carboxylic acids is 3. The molecule has 2 aromatic carbocycles. The number of aliphatic hydroxyl groups excluding tert-OH is 1.